The van der Waals surface area contributed by atoms with Crippen LogP contribution in [0.3, 0.4) is 0 Å². The van der Waals surface area contributed by atoms with E-state index < -0.39 is 12.5 Å². The standard InChI is InChI=1S/C6H15NO3/c1-4(2)6(10)7-3-5(8)9/h4-10H,3H2,1-2H3. The molecule has 4 heteroatoms. The molecule has 0 saturated heterocycles. The van der Waals surface area contributed by atoms with Crippen molar-refractivity contribution >= 4 is 0 Å². The van der Waals surface area contributed by atoms with Crippen molar-refractivity contribution in [2.24, 2.45) is 5.92 Å². The first-order valence-corrected chi connectivity index (χ1v) is 3.31. The molecule has 0 rings (SSSR count). The summed E-state index contributed by atoms with van der Waals surface area (Å²) in [5, 5.41) is 28.3. The SMILES string of the molecule is CC(C)C(O)NCC(O)O. The lowest BCUT2D eigenvalue weighted by Crippen LogP contribution is -2.38. The highest BCUT2D eigenvalue weighted by molar-refractivity contribution is 4.57. The summed E-state index contributed by atoms with van der Waals surface area (Å²) in [6.45, 7) is 3.67. The zero-order valence-corrected chi connectivity index (χ0v) is 6.28. The van der Waals surface area contributed by atoms with Gasteiger partial charge in [-0.15, -0.1) is 0 Å². The Morgan fingerprint density at radius 2 is 1.70 bits per heavy atom. The summed E-state index contributed by atoms with van der Waals surface area (Å²) in [7, 11) is 0. The van der Waals surface area contributed by atoms with Gasteiger partial charge in [-0.25, -0.2) is 0 Å². The van der Waals surface area contributed by atoms with Gasteiger partial charge < -0.3 is 15.3 Å². The van der Waals surface area contributed by atoms with E-state index in [1.165, 1.54) is 0 Å². The summed E-state index contributed by atoms with van der Waals surface area (Å²) in [4.78, 5) is 0. The lowest BCUT2D eigenvalue weighted by Gasteiger charge is -2.16. The Morgan fingerprint density at radius 1 is 1.20 bits per heavy atom. The molecule has 0 radical (unpaired) electrons. The molecule has 0 bridgehead atoms. The molecule has 0 spiro atoms. The van der Waals surface area contributed by atoms with Crippen LogP contribution in [0.4, 0.5) is 0 Å². The van der Waals surface area contributed by atoms with E-state index in [1.807, 2.05) is 13.8 Å². The van der Waals surface area contributed by atoms with Crippen LogP contribution in [0.25, 0.3) is 0 Å². The van der Waals surface area contributed by atoms with Gasteiger partial charge in [0.05, 0.1) is 0 Å². The first-order valence-electron chi connectivity index (χ1n) is 3.31. The molecular formula is C6H15NO3. The van der Waals surface area contributed by atoms with Gasteiger partial charge in [0.2, 0.25) is 0 Å². The largest absolute Gasteiger partial charge is 0.378 e. The van der Waals surface area contributed by atoms with Gasteiger partial charge in [-0.1, -0.05) is 13.8 Å². The van der Waals surface area contributed by atoms with E-state index in [0.29, 0.717) is 0 Å². The molecule has 0 aromatic rings. The van der Waals surface area contributed by atoms with E-state index in [4.69, 9.17) is 15.3 Å². The predicted octanol–water partition coefficient (Wildman–Crippen LogP) is -1.14. The molecule has 10 heavy (non-hydrogen) atoms. The van der Waals surface area contributed by atoms with Gasteiger partial charge in [0.1, 0.15) is 6.23 Å². The van der Waals surface area contributed by atoms with Gasteiger partial charge in [-0.05, 0) is 5.92 Å². The van der Waals surface area contributed by atoms with Crippen molar-refractivity contribution in [1.29, 1.82) is 0 Å². The summed E-state index contributed by atoms with van der Waals surface area (Å²) in [6.07, 6.45) is -2.06. The number of aliphatic hydroxyl groups excluding tert-OH is 2. The molecule has 4 nitrogen and oxygen atoms in total. The minimum Gasteiger partial charge on any atom is -0.378 e. The predicted molar refractivity (Wildman–Crippen MR) is 37.1 cm³/mol. The molecule has 62 valence electrons. The minimum absolute atomic E-state index is 0.000648. The maximum Gasteiger partial charge on any atom is 0.164 e. The maximum absolute atomic E-state index is 9.04. The molecule has 0 heterocycles. The van der Waals surface area contributed by atoms with E-state index >= 15 is 0 Å². The van der Waals surface area contributed by atoms with E-state index in [1.54, 1.807) is 0 Å². The molecule has 0 aliphatic rings. The second-order valence-corrected chi connectivity index (χ2v) is 2.58. The molecule has 4 N–H and O–H groups in total. The first-order chi connectivity index (χ1) is 4.54. The van der Waals surface area contributed by atoms with Gasteiger partial charge in [0, 0.05) is 6.54 Å². The molecule has 0 saturated carbocycles. The zero-order chi connectivity index (χ0) is 8.15. The normalized spacial score (nSPS) is 14.7. The third-order valence-corrected chi connectivity index (χ3v) is 1.14. The Hall–Kier alpha value is -0.160. The Morgan fingerprint density at radius 3 is 2.00 bits per heavy atom. The van der Waals surface area contributed by atoms with Crippen LogP contribution in [-0.4, -0.2) is 34.4 Å². The Labute approximate surface area is 60.5 Å². The molecule has 0 fully saturated rings. The molecule has 0 aliphatic carbocycles. The van der Waals surface area contributed by atoms with E-state index in [0.717, 1.165) is 0 Å². The van der Waals surface area contributed by atoms with Crippen molar-refractivity contribution in [3.05, 3.63) is 0 Å². The smallest absolute Gasteiger partial charge is 0.164 e. The highest BCUT2D eigenvalue weighted by Gasteiger charge is 2.08. The summed E-state index contributed by atoms with van der Waals surface area (Å²) in [5.41, 5.74) is 0. The second-order valence-electron chi connectivity index (χ2n) is 2.58. The van der Waals surface area contributed by atoms with Crippen LogP contribution in [0.5, 0.6) is 0 Å². The number of aliphatic hydroxyl groups is 3. The molecule has 1 unspecified atom stereocenters. The van der Waals surface area contributed by atoms with Crippen molar-refractivity contribution in [2.45, 2.75) is 26.4 Å². The van der Waals surface area contributed by atoms with Crippen LogP contribution in [0.2, 0.25) is 0 Å². The van der Waals surface area contributed by atoms with Crippen molar-refractivity contribution in [3.8, 4) is 0 Å². The topological polar surface area (TPSA) is 72.7 Å². The van der Waals surface area contributed by atoms with Gasteiger partial charge in [-0.2, -0.15) is 0 Å². The fourth-order valence-corrected chi connectivity index (χ4v) is 0.462. The van der Waals surface area contributed by atoms with Gasteiger partial charge in [0.25, 0.3) is 0 Å². The zero-order valence-electron chi connectivity index (χ0n) is 6.28. The highest BCUT2D eigenvalue weighted by atomic mass is 16.5. The van der Waals surface area contributed by atoms with Crippen LogP contribution in [0.1, 0.15) is 13.8 Å². The van der Waals surface area contributed by atoms with Gasteiger partial charge in [0.15, 0.2) is 6.29 Å². The number of rotatable bonds is 4. The molecular weight excluding hydrogens is 134 g/mol. The Bertz CT molecular complexity index is 85.1. The number of hydrogen-bond donors (Lipinski definition) is 4. The molecule has 0 aliphatic heterocycles. The average molecular weight is 149 g/mol. The third-order valence-electron chi connectivity index (χ3n) is 1.14. The molecule has 1 atom stereocenters. The van der Waals surface area contributed by atoms with Crippen LogP contribution in [-0.2, 0) is 0 Å². The van der Waals surface area contributed by atoms with Crippen LogP contribution in [0.15, 0.2) is 0 Å². The lowest BCUT2D eigenvalue weighted by molar-refractivity contribution is -0.0500. The van der Waals surface area contributed by atoms with E-state index in [-0.39, 0.29) is 12.5 Å². The first kappa shape index (κ1) is 9.84. The molecule has 0 amide bonds. The van der Waals surface area contributed by atoms with Crippen LogP contribution >= 0.6 is 0 Å². The summed E-state index contributed by atoms with van der Waals surface area (Å²) >= 11 is 0. The van der Waals surface area contributed by atoms with Crippen molar-refractivity contribution < 1.29 is 15.3 Å². The van der Waals surface area contributed by atoms with Crippen molar-refractivity contribution in [1.82, 2.24) is 5.32 Å². The third kappa shape index (κ3) is 4.69. The van der Waals surface area contributed by atoms with Gasteiger partial charge in [-0.3, -0.25) is 5.32 Å². The Balaban J connectivity index is 3.30. The van der Waals surface area contributed by atoms with Crippen LogP contribution < -0.4 is 5.32 Å². The number of nitrogens with one attached hydrogen (secondary N) is 1. The minimum atomic E-state index is -1.40. The van der Waals surface area contributed by atoms with E-state index in [2.05, 4.69) is 5.32 Å². The fourth-order valence-electron chi connectivity index (χ4n) is 0.462. The summed E-state index contributed by atoms with van der Waals surface area (Å²) in [6, 6.07) is 0. The second kappa shape index (κ2) is 4.62. The summed E-state index contributed by atoms with van der Waals surface area (Å²) < 4.78 is 0. The van der Waals surface area contributed by atoms with Crippen molar-refractivity contribution in [2.75, 3.05) is 6.54 Å². The highest BCUT2D eigenvalue weighted by Crippen LogP contribution is 1.95. The fraction of sp³-hybridized carbons (Fsp3) is 1.00. The average Bonchev–Trinajstić information content (AvgIpc) is 1.82. The summed E-state index contributed by atoms with van der Waals surface area (Å²) in [5.74, 6) is 0.0822. The van der Waals surface area contributed by atoms with E-state index in [9.17, 15) is 0 Å². The quantitative estimate of drug-likeness (QED) is 0.381. The Kier molecular flexibility index (Phi) is 4.55. The molecule has 0 aromatic heterocycles. The lowest BCUT2D eigenvalue weighted by atomic mass is 10.2. The van der Waals surface area contributed by atoms with Crippen molar-refractivity contribution in [3.63, 3.8) is 0 Å². The molecule has 0 aromatic carbocycles. The number of hydrogen-bond acceptors (Lipinski definition) is 4. The monoisotopic (exact) mass is 149 g/mol. The maximum atomic E-state index is 9.04. The van der Waals surface area contributed by atoms with Crippen LogP contribution in [0, 0.1) is 5.92 Å². The van der Waals surface area contributed by atoms with Gasteiger partial charge >= 0.3 is 0 Å².